The molecule has 0 aliphatic carbocycles. The molecule has 1 aromatic heterocycles. The zero-order valence-electron chi connectivity index (χ0n) is 19.3. The zero-order chi connectivity index (χ0) is 25.7. The summed E-state index contributed by atoms with van der Waals surface area (Å²) in [6, 6.07) is 20.2. The number of carbonyl (C=O) groups is 1. The molecule has 1 fully saturated rings. The van der Waals surface area contributed by atoms with E-state index < -0.39 is 27.1 Å². The van der Waals surface area contributed by atoms with Gasteiger partial charge in [-0.3, -0.25) is 4.79 Å². The minimum absolute atomic E-state index is 0.0307. The van der Waals surface area contributed by atoms with Gasteiger partial charge >= 0.3 is 0 Å². The average Bonchev–Trinajstić information content (AvgIpc) is 3.31. The highest BCUT2D eigenvalue weighted by Gasteiger charge is 2.39. The zero-order valence-corrected chi connectivity index (χ0v) is 20.8. The molecule has 1 amide bonds. The molecule has 1 aliphatic heterocycles. The van der Waals surface area contributed by atoms with Crippen molar-refractivity contribution in [1.29, 1.82) is 5.26 Å². The van der Waals surface area contributed by atoms with Crippen LogP contribution in [0.1, 0.15) is 29.4 Å². The number of sulfone groups is 1. The van der Waals surface area contributed by atoms with E-state index in [0.717, 1.165) is 0 Å². The van der Waals surface area contributed by atoms with Gasteiger partial charge in [0, 0.05) is 32.8 Å². The molecule has 0 spiro atoms. The third-order valence-corrected chi connectivity index (χ3v) is 8.72. The minimum atomic E-state index is -3.20. The summed E-state index contributed by atoms with van der Waals surface area (Å²) in [5.41, 5.74) is 2.10. The molecule has 4 aromatic rings. The van der Waals surface area contributed by atoms with E-state index in [1.807, 2.05) is 12.1 Å². The molecule has 0 radical (unpaired) electrons. The summed E-state index contributed by atoms with van der Waals surface area (Å²) >= 11 is 6.50. The molecule has 36 heavy (non-hydrogen) atoms. The van der Waals surface area contributed by atoms with E-state index in [9.17, 15) is 22.9 Å². The molecular formula is C27H21ClFN3O3S. The Bertz CT molecular complexity index is 1670. The number of fused-ring (bicyclic) bond motifs is 1. The van der Waals surface area contributed by atoms with Crippen LogP contribution in [0.2, 0.25) is 5.02 Å². The Morgan fingerprint density at radius 2 is 1.86 bits per heavy atom. The number of halogens is 2. The maximum atomic E-state index is 13.7. The highest BCUT2D eigenvalue weighted by Crippen LogP contribution is 2.40. The minimum Gasteiger partial charge on any atom is -0.346 e. The number of hydrogen-bond donors (Lipinski definition) is 1. The fourth-order valence-corrected chi connectivity index (χ4v) is 7.11. The van der Waals surface area contributed by atoms with Crippen LogP contribution in [0.4, 0.5) is 4.39 Å². The lowest BCUT2D eigenvalue weighted by molar-refractivity contribution is 0.0915. The van der Waals surface area contributed by atoms with Gasteiger partial charge in [0.15, 0.2) is 9.84 Å². The van der Waals surface area contributed by atoms with Crippen LogP contribution in [-0.4, -0.2) is 35.9 Å². The Morgan fingerprint density at radius 3 is 2.50 bits per heavy atom. The van der Waals surface area contributed by atoms with Gasteiger partial charge in [-0.1, -0.05) is 35.9 Å². The van der Waals surface area contributed by atoms with Crippen molar-refractivity contribution in [2.75, 3.05) is 11.5 Å². The number of hydrogen-bond acceptors (Lipinski definition) is 4. The largest absolute Gasteiger partial charge is 0.346 e. The van der Waals surface area contributed by atoms with Crippen molar-refractivity contribution in [2.24, 2.45) is 0 Å². The third-order valence-electron chi connectivity index (χ3n) is 6.48. The van der Waals surface area contributed by atoms with Gasteiger partial charge in [0.1, 0.15) is 17.6 Å². The molecule has 2 heterocycles. The first-order chi connectivity index (χ1) is 17.1. The number of amides is 1. The van der Waals surface area contributed by atoms with Crippen molar-refractivity contribution in [1.82, 2.24) is 9.88 Å². The molecule has 9 heteroatoms. The summed E-state index contributed by atoms with van der Waals surface area (Å²) < 4.78 is 39.3. The van der Waals surface area contributed by atoms with Crippen molar-refractivity contribution in [2.45, 2.75) is 18.9 Å². The molecule has 5 rings (SSSR count). The van der Waals surface area contributed by atoms with Crippen LogP contribution < -0.4 is 5.32 Å². The topological polar surface area (TPSA) is 92.0 Å². The van der Waals surface area contributed by atoms with Crippen LogP contribution in [-0.2, 0) is 9.84 Å². The number of nitriles is 1. The van der Waals surface area contributed by atoms with Gasteiger partial charge in [-0.25, -0.2) is 12.8 Å². The van der Waals surface area contributed by atoms with E-state index in [4.69, 9.17) is 11.6 Å². The molecule has 0 saturated carbocycles. The van der Waals surface area contributed by atoms with Crippen molar-refractivity contribution >= 4 is 38.2 Å². The number of nitrogens with one attached hydrogen (secondary N) is 1. The molecule has 1 atom stereocenters. The molecule has 1 unspecified atom stereocenters. The molecule has 1 saturated heterocycles. The fraction of sp³-hybridized carbons (Fsp3) is 0.185. The second kappa shape index (κ2) is 8.77. The summed E-state index contributed by atoms with van der Waals surface area (Å²) in [7, 11) is -3.20. The number of carbonyl (C=O) groups excluding carboxylic acids is 1. The number of benzene rings is 3. The molecule has 0 bridgehead atoms. The second-order valence-corrected chi connectivity index (χ2v) is 11.8. The maximum Gasteiger partial charge on any atom is 0.251 e. The van der Waals surface area contributed by atoms with Gasteiger partial charge in [-0.2, -0.15) is 5.26 Å². The molecule has 1 N–H and O–H groups in total. The Balaban J connectivity index is 1.70. The number of rotatable bonds is 4. The lowest BCUT2D eigenvalue weighted by Gasteiger charge is -2.24. The van der Waals surface area contributed by atoms with Crippen LogP contribution >= 0.6 is 11.6 Å². The van der Waals surface area contributed by atoms with E-state index in [1.165, 1.54) is 12.1 Å². The predicted molar refractivity (Wildman–Crippen MR) is 138 cm³/mol. The lowest BCUT2D eigenvalue weighted by Crippen LogP contribution is -2.46. The summed E-state index contributed by atoms with van der Waals surface area (Å²) in [6.45, 7) is 1.72. The second-order valence-electron chi connectivity index (χ2n) is 9.22. The predicted octanol–water partition coefficient (Wildman–Crippen LogP) is 5.27. The van der Waals surface area contributed by atoms with Gasteiger partial charge in [-0.05, 0) is 55.8 Å². The quantitative estimate of drug-likeness (QED) is 0.396. The summed E-state index contributed by atoms with van der Waals surface area (Å²) in [4.78, 5) is 13.2. The molecular weight excluding hydrogens is 501 g/mol. The van der Waals surface area contributed by atoms with Crippen LogP contribution in [0.25, 0.3) is 27.7 Å². The smallest absolute Gasteiger partial charge is 0.251 e. The Hall–Kier alpha value is -3.67. The lowest BCUT2D eigenvalue weighted by atomic mass is 9.99. The van der Waals surface area contributed by atoms with Crippen molar-refractivity contribution in [3.63, 3.8) is 0 Å². The van der Waals surface area contributed by atoms with Gasteiger partial charge in [0.2, 0.25) is 0 Å². The molecule has 3 aromatic carbocycles. The first-order valence-electron chi connectivity index (χ1n) is 11.2. The Morgan fingerprint density at radius 1 is 1.14 bits per heavy atom. The Kier molecular flexibility index (Phi) is 5.86. The summed E-state index contributed by atoms with van der Waals surface area (Å²) in [6.07, 6.45) is 0.338. The fourth-order valence-electron chi connectivity index (χ4n) is 4.79. The highest BCUT2D eigenvalue weighted by molar-refractivity contribution is 7.91. The van der Waals surface area contributed by atoms with E-state index in [-0.39, 0.29) is 17.2 Å². The first kappa shape index (κ1) is 24.0. The molecule has 182 valence electrons. The van der Waals surface area contributed by atoms with Crippen LogP contribution in [0.3, 0.4) is 0 Å². The number of aromatic nitrogens is 1. The van der Waals surface area contributed by atoms with Crippen molar-refractivity contribution in [3.05, 3.63) is 88.8 Å². The van der Waals surface area contributed by atoms with Crippen molar-refractivity contribution in [3.8, 4) is 22.9 Å². The van der Waals surface area contributed by atoms with Gasteiger partial charge in [0.25, 0.3) is 5.91 Å². The molecule has 6 nitrogen and oxygen atoms in total. The summed E-state index contributed by atoms with van der Waals surface area (Å²) in [5.74, 6) is -0.918. The van der Waals surface area contributed by atoms with Gasteiger partial charge in [-0.15, -0.1) is 0 Å². The van der Waals surface area contributed by atoms with Crippen LogP contribution in [0.15, 0.2) is 66.7 Å². The van der Waals surface area contributed by atoms with Crippen LogP contribution in [0.5, 0.6) is 0 Å². The van der Waals surface area contributed by atoms with Crippen molar-refractivity contribution < 1.29 is 17.6 Å². The average molecular weight is 522 g/mol. The standard InChI is InChI=1S/C27H21ClFN3O3S/c1-27(12-13-36(34,35)16-27)31-26(33)17-6-11-21-23(14-17)32(19-9-7-18(29)8-10-19)24(15-30)25(21)20-4-2-3-5-22(20)28/h2-11,14H,12-13,16H2,1H3,(H,31,33). The SMILES string of the molecule is CC1(NC(=O)c2ccc3c(-c4ccccc4Cl)c(C#N)n(-c4ccc(F)cc4)c3c2)CCS(=O)(=O)C1. The summed E-state index contributed by atoms with van der Waals surface area (Å²) in [5, 5.41) is 14.2. The monoisotopic (exact) mass is 521 g/mol. The first-order valence-corrected chi connectivity index (χ1v) is 13.4. The number of nitrogens with zero attached hydrogens (tertiary/aromatic N) is 2. The third kappa shape index (κ3) is 4.25. The normalized spacial score (nSPS) is 18.7. The highest BCUT2D eigenvalue weighted by atomic mass is 35.5. The maximum absolute atomic E-state index is 13.7. The van der Waals surface area contributed by atoms with Crippen LogP contribution in [0, 0.1) is 17.1 Å². The van der Waals surface area contributed by atoms with E-state index in [1.54, 1.807) is 54.0 Å². The van der Waals surface area contributed by atoms with E-state index >= 15 is 0 Å². The van der Waals surface area contributed by atoms with E-state index in [0.29, 0.717) is 44.7 Å². The van der Waals surface area contributed by atoms with E-state index in [2.05, 4.69) is 11.4 Å². The molecule has 1 aliphatic rings. The van der Waals surface area contributed by atoms with Gasteiger partial charge in [0.05, 0.1) is 22.6 Å². The Labute approximate surface area is 212 Å². The van der Waals surface area contributed by atoms with Gasteiger partial charge < -0.3 is 9.88 Å².